The fraction of sp³-hybridized carbons (Fsp3) is 0.375. The van der Waals surface area contributed by atoms with Gasteiger partial charge in [-0.1, -0.05) is 6.92 Å². The van der Waals surface area contributed by atoms with Crippen molar-refractivity contribution in [2.24, 2.45) is 5.92 Å². The quantitative estimate of drug-likeness (QED) is 0.288. The number of piperidine rings is 1. The number of aliphatic hydroxyl groups is 1. The zero-order valence-corrected chi connectivity index (χ0v) is 25.1. The molecule has 2 aliphatic heterocycles. The van der Waals surface area contributed by atoms with Crippen molar-refractivity contribution in [1.29, 1.82) is 0 Å². The van der Waals surface area contributed by atoms with Gasteiger partial charge in [0.05, 0.1) is 31.0 Å². The molecular weight excluding hydrogens is 584 g/mol. The molecule has 0 bridgehead atoms. The van der Waals surface area contributed by atoms with E-state index in [0.29, 0.717) is 80.5 Å². The maximum Gasteiger partial charge on any atom is 0.254 e. The monoisotopic (exact) mass is 619 g/mol. The van der Waals surface area contributed by atoms with Gasteiger partial charge < -0.3 is 30.3 Å². The highest BCUT2D eigenvalue weighted by Gasteiger charge is 2.34. The first-order valence-corrected chi connectivity index (χ1v) is 15.0. The van der Waals surface area contributed by atoms with E-state index in [9.17, 15) is 23.5 Å². The number of carbonyl (C=O) groups is 2. The minimum absolute atomic E-state index is 0.0307. The second-order valence-corrected chi connectivity index (χ2v) is 11.2. The van der Waals surface area contributed by atoms with Crippen LogP contribution in [0.5, 0.6) is 5.75 Å². The molecule has 0 spiro atoms. The Morgan fingerprint density at radius 2 is 1.87 bits per heavy atom. The van der Waals surface area contributed by atoms with Crippen LogP contribution in [-0.2, 0) is 11.2 Å². The number of β-amino-alcohol motifs (C(OH)–C–C–N with tert-alkyl or cyclic N) is 1. The molecule has 236 valence electrons. The lowest BCUT2D eigenvalue weighted by Crippen LogP contribution is -2.55. The van der Waals surface area contributed by atoms with Crippen molar-refractivity contribution in [2.45, 2.75) is 25.9 Å². The molecule has 2 amide bonds. The number of carbonyl (C=O) groups excluding carboxylic acids is 2. The van der Waals surface area contributed by atoms with Gasteiger partial charge in [-0.2, -0.15) is 4.39 Å². The number of aliphatic hydroxyl groups excluding tert-OH is 1. The van der Waals surface area contributed by atoms with Gasteiger partial charge in [-0.15, -0.1) is 0 Å². The zero-order valence-electron chi connectivity index (χ0n) is 25.1. The number of aryl methyl sites for hydroxylation is 1. The fourth-order valence-electron chi connectivity index (χ4n) is 6.07. The molecule has 2 aliphatic rings. The first kappa shape index (κ1) is 30.4. The van der Waals surface area contributed by atoms with Crippen LogP contribution in [0.4, 0.5) is 20.3 Å². The number of methoxy groups -OCH3 is 1. The predicted molar refractivity (Wildman–Crippen MR) is 163 cm³/mol. The lowest BCUT2D eigenvalue weighted by atomic mass is 9.93. The maximum absolute atomic E-state index is 14.9. The normalized spacial score (nSPS) is 18.7. The summed E-state index contributed by atoms with van der Waals surface area (Å²) in [7, 11) is 1.27. The average molecular weight is 620 g/mol. The molecule has 0 saturated carbocycles. The molecule has 0 unspecified atom stereocenters. The number of nitrogens with zero attached hydrogens (tertiary/aromatic N) is 5. The van der Waals surface area contributed by atoms with Crippen molar-refractivity contribution >= 4 is 29.0 Å². The second-order valence-electron chi connectivity index (χ2n) is 11.2. The third-order valence-corrected chi connectivity index (χ3v) is 8.60. The van der Waals surface area contributed by atoms with Crippen LogP contribution in [0, 0.1) is 17.6 Å². The Labute approximate surface area is 258 Å². The van der Waals surface area contributed by atoms with Crippen molar-refractivity contribution in [2.75, 3.05) is 51.7 Å². The number of rotatable bonds is 7. The SMILES string of the molecule is CCc1cc(Nc2nccn3c(-c4ccc(OC)c(F)c4F)cnc23)ccc1C(=O)N1CCN(C(=O)[C@H]2CCNC[C@@H]2O)CC1. The molecule has 2 saturated heterocycles. The summed E-state index contributed by atoms with van der Waals surface area (Å²) in [5.41, 5.74) is 2.90. The summed E-state index contributed by atoms with van der Waals surface area (Å²) < 4.78 is 35.8. The third kappa shape index (κ3) is 5.80. The van der Waals surface area contributed by atoms with E-state index in [2.05, 4.69) is 20.6 Å². The molecule has 4 aromatic rings. The molecule has 2 aromatic carbocycles. The Hall–Kier alpha value is -4.62. The third-order valence-electron chi connectivity index (χ3n) is 8.60. The number of benzene rings is 2. The highest BCUT2D eigenvalue weighted by molar-refractivity contribution is 5.96. The van der Waals surface area contributed by atoms with Crippen LogP contribution in [0.1, 0.15) is 29.3 Å². The van der Waals surface area contributed by atoms with E-state index in [1.807, 2.05) is 13.0 Å². The summed E-state index contributed by atoms with van der Waals surface area (Å²) in [6.07, 6.45) is 5.12. The Balaban J connectivity index is 1.17. The van der Waals surface area contributed by atoms with Crippen molar-refractivity contribution in [1.82, 2.24) is 29.5 Å². The molecule has 6 rings (SSSR count). The van der Waals surface area contributed by atoms with E-state index in [1.165, 1.54) is 31.6 Å². The van der Waals surface area contributed by atoms with Crippen molar-refractivity contribution < 1.29 is 28.2 Å². The Morgan fingerprint density at radius 1 is 1.09 bits per heavy atom. The molecule has 13 heteroatoms. The number of halogens is 2. The van der Waals surface area contributed by atoms with Crippen LogP contribution in [0.25, 0.3) is 16.9 Å². The van der Waals surface area contributed by atoms with Crippen molar-refractivity contribution in [3.63, 3.8) is 0 Å². The molecule has 3 N–H and O–H groups in total. The van der Waals surface area contributed by atoms with Crippen molar-refractivity contribution in [3.8, 4) is 17.0 Å². The number of amides is 2. The Morgan fingerprint density at radius 3 is 2.60 bits per heavy atom. The van der Waals surface area contributed by atoms with Crippen LogP contribution in [-0.4, -0.2) is 93.6 Å². The topological polar surface area (TPSA) is 124 Å². The number of ether oxygens (including phenoxy) is 1. The number of anilines is 2. The molecule has 2 fully saturated rings. The Bertz CT molecular complexity index is 1740. The minimum Gasteiger partial charge on any atom is -0.494 e. The summed E-state index contributed by atoms with van der Waals surface area (Å²) in [5.74, 6) is -2.45. The maximum atomic E-state index is 14.9. The van der Waals surface area contributed by atoms with Crippen LogP contribution in [0.3, 0.4) is 0 Å². The van der Waals surface area contributed by atoms with Crippen LogP contribution < -0.4 is 15.4 Å². The molecule has 2 atom stereocenters. The second kappa shape index (κ2) is 12.8. The van der Waals surface area contributed by atoms with Gasteiger partial charge >= 0.3 is 0 Å². The summed E-state index contributed by atoms with van der Waals surface area (Å²) in [6.45, 7) is 4.78. The number of hydrogen-bond donors (Lipinski definition) is 3. The van der Waals surface area contributed by atoms with Crippen LogP contribution >= 0.6 is 0 Å². The molecule has 45 heavy (non-hydrogen) atoms. The molecule has 0 aliphatic carbocycles. The van der Waals surface area contributed by atoms with E-state index in [4.69, 9.17) is 4.74 Å². The van der Waals surface area contributed by atoms with Gasteiger partial charge in [0.25, 0.3) is 5.91 Å². The molecule has 2 aromatic heterocycles. The summed E-state index contributed by atoms with van der Waals surface area (Å²) >= 11 is 0. The fourth-order valence-corrected chi connectivity index (χ4v) is 6.07. The van der Waals surface area contributed by atoms with Gasteiger partial charge in [-0.25, -0.2) is 14.4 Å². The number of hydrogen-bond acceptors (Lipinski definition) is 8. The average Bonchev–Trinajstić information content (AvgIpc) is 3.50. The van der Waals surface area contributed by atoms with Gasteiger partial charge in [0.2, 0.25) is 11.7 Å². The minimum atomic E-state index is -1.08. The first-order chi connectivity index (χ1) is 21.8. The largest absolute Gasteiger partial charge is 0.494 e. The number of nitrogens with one attached hydrogen (secondary N) is 2. The van der Waals surface area contributed by atoms with Crippen molar-refractivity contribution in [3.05, 3.63) is 71.7 Å². The van der Waals surface area contributed by atoms with E-state index < -0.39 is 23.7 Å². The summed E-state index contributed by atoms with van der Waals surface area (Å²) in [6, 6.07) is 8.26. The van der Waals surface area contributed by atoms with Crippen LogP contribution in [0.15, 0.2) is 48.9 Å². The highest BCUT2D eigenvalue weighted by atomic mass is 19.2. The van der Waals surface area contributed by atoms with E-state index in [1.54, 1.807) is 32.5 Å². The number of imidazole rings is 1. The molecule has 4 heterocycles. The summed E-state index contributed by atoms with van der Waals surface area (Å²) in [4.78, 5) is 38.9. The Kier molecular flexibility index (Phi) is 8.63. The first-order valence-electron chi connectivity index (χ1n) is 15.0. The lowest BCUT2D eigenvalue weighted by Gasteiger charge is -2.38. The zero-order chi connectivity index (χ0) is 31.7. The number of fused-ring (bicyclic) bond motifs is 1. The lowest BCUT2D eigenvalue weighted by molar-refractivity contribution is -0.141. The molecule has 0 radical (unpaired) electrons. The van der Waals surface area contributed by atoms with Gasteiger partial charge in [0, 0.05) is 61.9 Å². The summed E-state index contributed by atoms with van der Waals surface area (Å²) in [5, 5.41) is 16.6. The molecule has 11 nitrogen and oxygen atoms in total. The predicted octanol–water partition coefficient (Wildman–Crippen LogP) is 3.24. The van der Waals surface area contributed by atoms with Gasteiger partial charge in [-0.05, 0) is 55.3 Å². The highest BCUT2D eigenvalue weighted by Crippen LogP contribution is 2.32. The van der Waals surface area contributed by atoms with E-state index in [-0.39, 0.29) is 23.1 Å². The molecular formula is C32H35F2N7O4. The van der Waals surface area contributed by atoms with Crippen LogP contribution in [0.2, 0.25) is 0 Å². The van der Waals surface area contributed by atoms with Gasteiger partial charge in [0.15, 0.2) is 23.0 Å². The standard InChI is InChI=1S/C32H35F2N7O4/c1-3-19-16-20(4-5-21(19)31(43)39-12-14-40(15-13-39)32(44)23-8-9-35-18-25(23)42)38-29-30-37-17-24(41(30)11-10-36-29)22-6-7-26(45-2)28(34)27(22)33/h4-7,10-11,16-17,23,25,35,42H,3,8-9,12-15,18H2,1-2H3,(H,36,38)/t23-,25-/m0/s1. The van der Waals surface area contributed by atoms with E-state index in [0.717, 1.165) is 5.56 Å². The van der Waals surface area contributed by atoms with Gasteiger partial charge in [0.1, 0.15) is 0 Å². The van der Waals surface area contributed by atoms with E-state index >= 15 is 0 Å². The smallest absolute Gasteiger partial charge is 0.254 e. The van der Waals surface area contributed by atoms with Gasteiger partial charge in [-0.3, -0.25) is 14.0 Å². The number of piperazine rings is 1. The number of aromatic nitrogens is 3.